The second-order valence-corrected chi connectivity index (χ2v) is 6.04. The highest BCUT2D eigenvalue weighted by molar-refractivity contribution is 5.14. The van der Waals surface area contributed by atoms with Crippen LogP contribution in [0.3, 0.4) is 0 Å². The molecule has 3 heteroatoms. The van der Waals surface area contributed by atoms with Crippen molar-refractivity contribution in [3.8, 4) is 0 Å². The van der Waals surface area contributed by atoms with E-state index >= 15 is 0 Å². The van der Waals surface area contributed by atoms with Crippen molar-refractivity contribution in [1.29, 1.82) is 0 Å². The van der Waals surface area contributed by atoms with Crippen molar-refractivity contribution < 1.29 is 0 Å². The molecule has 1 aliphatic rings. The van der Waals surface area contributed by atoms with Crippen LogP contribution in [0.25, 0.3) is 0 Å². The first-order chi connectivity index (χ1) is 9.13. The largest absolute Gasteiger partial charge is 0.309 e. The third kappa shape index (κ3) is 4.94. The van der Waals surface area contributed by atoms with Gasteiger partial charge in [0.2, 0.25) is 0 Å². The molecular formula is C16H27N3. The van der Waals surface area contributed by atoms with Crippen LogP contribution in [0.2, 0.25) is 0 Å². The van der Waals surface area contributed by atoms with Crippen LogP contribution in [-0.2, 0) is 6.54 Å². The van der Waals surface area contributed by atoms with Crippen molar-refractivity contribution in [2.24, 2.45) is 0 Å². The standard InChI is InChI=1S/C16H27N3/c1-14-9-10-19(11-15-7-5-4-6-8-15)13-16(17-14)12-18(2)3/h4-8,14,16-17H,9-13H2,1-3H3. The first kappa shape index (κ1) is 14.5. The van der Waals surface area contributed by atoms with E-state index in [-0.39, 0.29) is 0 Å². The van der Waals surface area contributed by atoms with E-state index in [4.69, 9.17) is 0 Å². The lowest BCUT2D eigenvalue weighted by molar-refractivity contribution is 0.236. The van der Waals surface area contributed by atoms with Gasteiger partial charge >= 0.3 is 0 Å². The highest BCUT2D eigenvalue weighted by Gasteiger charge is 2.21. The summed E-state index contributed by atoms with van der Waals surface area (Å²) in [6, 6.07) is 12.0. The molecule has 1 N–H and O–H groups in total. The lowest BCUT2D eigenvalue weighted by atomic mass is 10.2. The molecule has 3 nitrogen and oxygen atoms in total. The minimum atomic E-state index is 0.566. The summed E-state index contributed by atoms with van der Waals surface area (Å²) in [5.41, 5.74) is 1.42. The molecule has 1 saturated heterocycles. The smallest absolute Gasteiger partial charge is 0.0324 e. The topological polar surface area (TPSA) is 18.5 Å². The van der Waals surface area contributed by atoms with Gasteiger partial charge in [0.15, 0.2) is 0 Å². The molecule has 0 saturated carbocycles. The SMILES string of the molecule is CC1CCN(Cc2ccccc2)CC(CN(C)C)N1. The minimum absolute atomic E-state index is 0.566. The Labute approximate surface area is 117 Å². The number of hydrogen-bond donors (Lipinski definition) is 1. The quantitative estimate of drug-likeness (QED) is 0.891. The van der Waals surface area contributed by atoms with Gasteiger partial charge in [0.1, 0.15) is 0 Å². The fraction of sp³-hybridized carbons (Fsp3) is 0.625. The summed E-state index contributed by atoms with van der Waals surface area (Å²) < 4.78 is 0. The van der Waals surface area contributed by atoms with Crippen molar-refractivity contribution in [3.05, 3.63) is 35.9 Å². The van der Waals surface area contributed by atoms with Crippen molar-refractivity contribution in [2.45, 2.75) is 32.0 Å². The van der Waals surface area contributed by atoms with Crippen molar-refractivity contribution in [2.75, 3.05) is 33.7 Å². The minimum Gasteiger partial charge on any atom is -0.309 e. The Morgan fingerprint density at radius 1 is 1.26 bits per heavy atom. The van der Waals surface area contributed by atoms with E-state index in [9.17, 15) is 0 Å². The molecule has 106 valence electrons. The van der Waals surface area contributed by atoms with E-state index in [1.165, 1.54) is 18.5 Å². The molecule has 1 aliphatic heterocycles. The number of benzene rings is 1. The first-order valence-electron chi connectivity index (χ1n) is 7.30. The highest BCUT2D eigenvalue weighted by Crippen LogP contribution is 2.11. The maximum Gasteiger partial charge on any atom is 0.0324 e. The summed E-state index contributed by atoms with van der Waals surface area (Å²) in [7, 11) is 4.30. The zero-order chi connectivity index (χ0) is 13.7. The van der Waals surface area contributed by atoms with Crippen LogP contribution in [0.5, 0.6) is 0 Å². The predicted octanol–water partition coefficient (Wildman–Crippen LogP) is 1.80. The molecule has 0 bridgehead atoms. The molecule has 0 aromatic heterocycles. The van der Waals surface area contributed by atoms with Gasteiger partial charge in [0, 0.05) is 38.3 Å². The molecular weight excluding hydrogens is 234 g/mol. The summed E-state index contributed by atoms with van der Waals surface area (Å²) >= 11 is 0. The van der Waals surface area contributed by atoms with Gasteiger partial charge in [-0.15, -0.1) is 0 Å². The maximum absolute atomic E-state index is 3.74. The van der Waals surface area contributed by atoms with Crippen molar-refractivity contribution in [3.63, 3.8) is 0 Å². The van der Waals surface area contributed by atoms with Crippen molar-refractivity contribution >= 4 is 0 Å². The fourth-order valence-corrected chi connectivity index (χ4v) is 2.85. The maximum atomic E-state index is 3.74. The summed E-state index contributed by atoms with van der Waals surface area (Å²) in [6.07, 6.45) is 1.23. The lowest BCUT2D eigenvalue weighted by Crippen LogP contribution is -2.46. The van der Waals surface area contributed by atoms with Crippen LogP contribution in [-0.4, -0.2) is 55.6 Å². The molecule has 2 rings (SSSR count). The third-order valence-corrected chi connectivity index (χ3v) is 3.71. The zero-order valence-corrected chi connectivity index (χ0v) is 12.5. The molecule has 1 heterocycles. The van der Waals surface area contributed by atoms with Gasteiger partial charge in [-0.05, 0) is 33.0 Å². The van der Waals surface area contributed by atoms with E-state index in [0.29, 0.717) is 12.1 Å². The Kier molecular flexibility index (Phi) is 5.37. The normalized spacial score (nSPS) is 25.5. The molecule has 1 aromatic rings. The highest BCUT2D eigenvalue weighted by atomic mass is 15.2. The van der Waals surface area contributed by atoms with Crippen LogP contribution >= 0.6 is 0 Å². The van der Waals surface area contributed by atoms with Gasteiger partial charge < -0.3 is 10.2 Å². The zero-order valence-electron chi connectivity index (χ0n) is 12.5. The van der Waals surface area contributed by atoms with E-state index in [1.54, 1.807) is 0 Å². The summed E-state index contributed by atoms with van der Waals surface area (Å²) in [4.78, 5) is 4.86. The molecule has 0 amide bonds. The Bertz CT molecular complexity index is 364. The second-order valence-electron chi connectivity index (χ2n) is 6.04. The molecule has 0 radical (unpaired) electrons. The predicted molar refractivity (Wildman–Crippen MR) is 81.3 cm³/mol. The van der Waals surface area contributed by atoms with E-state index in [1.807, 2.05) is 0 Å². The van der Waals surface area contributed by atoms with Gasteiger partial charge in [0.25, 0.3) is 0 Å². The molecule has 0 spiro atoms. The summed E-state index contributed by atoms with van der Waals surface area (Å²) in [5, 5.41) is 3.74. The van der Waals surface area contributed by atoms with Crippen LogP contribution in [0.4, 0.5) is 0 Å². The number of rotatable bonds is 4. The Morgan fingerprint density at radius 2 is 2.00 bits per heavy atom. The van der Waals surface area contributed by atoms with Crippen LogP contribution in [0.1, 0.15) is 18.9 Å². The second kappa shape index (κ2) is 7.04. The van der Waals surface area contributed by atoms with Crippen LogP contribution in [0.15, 0.2) is 30.3 Å². The number of likely N-dealkylation sites (N-methyl/N-ethyl adjacent to an activating group) is 1. The van der Waals surface area contributed by atoms with Gasteiger partial charge in [0.05, 0.1) is 0 Å². The van der Waals surface area contributed by atoms with E-state index in [2.05, 4.69) is 66.5 Å². The van der Waals surface area contributed by atoms with Crippen molar-refractivity contribution in [1.82, 2.24) is 15.1 Å². The fourth-order valence-electron chi connectivity index (χ4n) is 2.85. The van der Waals surface area contributed by atoms with E-state index < -0.39 is 0 Å². The first-order valence-corrected chi connectivity index (χ1v) is 7.30. The molecule has 2 unspecified atom stereocenters. The average Bonchev–Trinajstić information content (AvgIpc) is 2.52. The van der Waals surface area contributed by atoms with Gasteiger partial charge in [-0.1, -0.05) is 30.3 Å². The van der Waals surface area contributed by atoms with Gasteiger partial charge in [-0.2, -0.15) is 0 Å². The Morgan fingerprint density at radius 3 is 2.68 bits per heavy atom. The summed E-state index contributed by atoms with van der Waals surface area (Å²) in [6.45, 7) is 6.80. The van der Waals surface area contributed by atoms with Crippen LogP contribution < -0.4 is 5.32 Å². The molecule has 1 aromatic carbocycles. The Hall–Kier alpha value is -0.900. The molecule has 0 aliphatic carbocycles. The molecule has 1 fully saturated rings. The monoisotopic (exact) mass is 261 g/mol. The Balaban J connectivity index is 1.96. The van der Waals surface area contributed by atoms with E-state index in [0.717, 1.165) is 19.6 Å². The summed E-state index contributed by atoms with van der Waals surface area (Å²) in [5.74, 6) is 0. The van der Waals surface area contributed by atoms with Gasteiger partial charge in [-0.25, -0.2) is 0 Å². The number of hydrogen-bond acceptors (Lipinski definition) is 3. The third-order valence-electron chi connectivity index (χ3n) is 3.71. The number of nitrogens with one attached hydrogen (secondary N) is 1. The van der Waals surface area contributed by atoms with Crippen LogP contribution in [0, 0.1) is 0 Å². The molecule has 2 atom stereocenters. The van der Waals surface area contributed by atoms with Gasteiger partial charge in [-0.3, -0.25) is 4.90 Å². The lowest BCUT2D eigenvalue weighted by Gasteiger charge is -2.27. The average molecular weight is 261 g/mol. The number of nitrogens with zero attached hydrogens (tertiary/aromatic N) is 2. The molecule has 19 heavy (non-hydrogen) atoms.